The van der Waals surface area contributed by atoms with Gasteiger partial charge in [-0.2, -0.15) is 4.31 Å². The highest BCUT2D eigenvalue weighted by Gasteiger charge is 2.26. The molecular weight excluding hydrogens is 244 g/mol. The Kier molecular flexibility index (Phi) is 6.35. The van der Waals surface area contributed by atoms with Gasteiger partial charge in [-0.25, -0.2) is 8.42 Å². The van der Waals surface area contributed by atoms with Gasteiger partial charge in [0.1, 0.15) is 0 Å². The molecule has 0 amide bonds. The fraction of sp³-hybridized carbons (Fsp3) is 1.00. The van der Waals surface area contributed by atoms with Crippen molar-refractivity contribution in [2.75, 3.05) is 45.1 Å². The van der Waals surface area contributed by atoms with Crippen molar-refractivity contribution in [1.82, 2.24) is 9.62 Å². The Hall–Kier alpha value is -0.210. The predicted molar refractivity (Wildman–Crippen MR) is 65.1 cm³/mol. The fourth-order valence-corrected chi connectivity index (χ4v) is 3.89. The molecule has 1 saturated heterocycles. The molecule has 0 bridgehead atoms. The number of piperidine rings is 1. The fourth-order valence-electron chi connectivity index (χ4n) is 2.08. The van der Waals surface area contributed by atoms with Crippen molar-refractivity contribution in [3.05, 3.63) is 0 Å². The van der Waals surface area contributed by atoms with Gasteiger partial charge in [0.05, 0.1) is 19.0 Å². The molecule has 1 heterocycles. The summed E-state index contributed by atoms with van der Waals surface area (Å²) in [7, 11) is -3.37. The van der Waals surface area contributed by atoms with Crippen LogP contribution >= 0.6 is 0 Å². The van der Waals surface area contributed by atoms with Gasteiger partial charge in [-0.3, -0.25) is 0 Å². The highest BCUT2D eigenvalue weighted by atomic mass is 32.2. The van der Waals surface area contributed by atoms with Gasteiger partial charge in [-0.1, -0.05) is 0 Å². The van der Waals surface area contributed by atoms with E-state index in [-0.39, 0.29) is 38.0 Å². The van der Waals surface area contributed by atoms with Crippen LogP contribution in [0.15, 0.2) is 0 Å². The second kappa shape index (κ2) is 7.27. The summed E-state index contributed by atoms with van der Waals surface area (Å²) in [6, 6.07) is 0. The van der Waals surface area contributed by atoms with Crippen LogP contribution in [0.25, 0.3) is 0 Å². The van der Waals surface area contributed by atoms with Gasteiger partial charge in [0.15, 0.2) is 0 Å². The first-order valence-electron chi connectivity index (χ1n) is 6.00. The third kappa shape index (κ3) is 4.89. The minimum absolute atomic E-state index is 0.0586. The van der Waals surface area contributed by atoms with Gasteiger partial charge >= 0.3 is 0 Å². The molecule has 1 unspecified atom stereocenters. The van der Waals surface area contributed by atoms with Gasteiger partial charge in [0.2, 0.25) is 10.0 Å². The molecule has 0 saturated carbocycles. The topological polar surface area (TPSA) is 89.9 Å². The summed E-state index contributed by atoms with van der Waals surface area (Å²) in [4.78, 5) is 0. The first-order chi connectivity index (χ1) is 8.10. The molecule has 7 heteroatoms. The summed E-state index contributed by atoms with van der Waals surface area (Å²) in [5, 5.41) is 20.8. The van der Waals surface area contributed by atoms with E-state index >= 15 is 0 Å². The van der Waals surface area contributed by atoms with Crippen LogP contribution in [0.1, 0.15) is 12.8 Å². The van der Waals surface area contributed by atoms with Gasteiger partial charge in [-0.15, -0.1) is 0 Å². The molecular formula is C10H22N2O4S. The van der Waals surface area contributed by atoms with Crippen molar-refractivity contribution < 1.29 is 18.6 Å². The number of hydrogen-bond acceptors (Lipinski definition) is 5. The highest BCUT2D eigenvalue weighted by molar-refractivity contribution is 7.89. The van der Waals surface area contributed by atoms with Crippen molar-refractivity contribution in [2.24, 2.45) is 5.92 Å². The lowest BCUT2D eigenvalue weighted by Crippen LogP contribution is -2.42. The normalized spacial score (nSPS) is 21.9. The van der Waals surface area contributed by atoms with Crippen molar-refractivity contribution in [1.29, 1.82) is 0 Å². The minimum Gasteiger partial charge on any atom is -0.395 e. The van der Waals surface area contributed by atoms with Crippen LogP contribution < -0.4 is 5.32 Å². The van der Waals surface area contributed by atoms with E-state index in [1.54, 1.807) is 0 Å². The highest BCUT2D eigenvalue weighted by Crippen LogP contribution is 2.14. The van der Waals surface area contributed by atoms with Crippen molar-refractivity contribution >= 4 is 10.0 Å². The standard InChI is InChI=1S/C10H22N2O4S/c13-6-4-12(5-7-14)17(15,16)9-10-2-1-3-11-8-10/h10-11,13-14H,1-9H2. The Morgan fingerprint density at radius 2 is 1.88 bits per heavy atom. The van der Waals surface area contributed by atoms with Crippen molar-refractivity contribution in [3.63, 3.8) is 0 Å². The molecule has 1 aliphatic heterocycles. The maximum Gasteiger partial charge on any atom is 0.214 e. The first-order valence-corrected chi connectivity index (χ1v) is 7.61. The van der Waals surface area contributed by atoms with Gasteiger partial charge < -0.3 is 15.5 Å². The molecule has 17 heavy (non-hydrogen) atoms. The summed E-state index contributed by atoms with van der Waals surface area (Å²) in [5.41, 5.74) is 0. The van der Waals surface area contributed by atoms with E-state index in [1.165, 1.54) is 4.31 Å². The Morgan fingerprint density at radius 3 is 2.35 bits per heavy atom. The molecule has 102 valence electrons. The van der Waals surface area contributed by atoms with Crippen LogP contribution in [0.5, 0.6) is 0 Å². The van der Waals surface area contributed by atoms with E-state index in [9.17, 15) is 8.42 Å². The van der Waals surface area contributed by atoms with Gasteiger partial charge in [0, 0.05) is 13.1 Å². The lowest BCUT2D eigenvalue weighted by atomic mass is 10.0. The summed E-state index contributed by atoms with van der Waals surface area (Å²) in [6.07, 6.45) is 1.92. The minimum atomic E-state index is -3.37. The van der Waals surface area contributed by atoms with E-state index < -0.39 is 10.0 Å². The lowest BCUT2D eigenvalue weighted by Gasteiger charge is -2.26. The third-order valence-corrected chi connectivity index (χ3v) is 4.98. The van der Waals surface area contributed by atoms with Crippen LogP contribution in [-0.4, -0.2) is 68.1 Å². The maximum atomic E-state index is 12.1. The molecule has 0 aromatic carbocycles. The van der Waals surface area contributed by atoms with Gasteiger partial charge in [0.25, 0.3) is 0 Å². The summed E-state index contributed by atoms with van der Waals surface area (Å²) < 4.78 is 25.3. The zero-order valence-electron chi connectivity index (χ0n) is 10.0. The van der Waals surface area contributed by atoms with E-state index in [0.717, 1.165) is 25.9 Å². The van der Waals surface area contributed by atoms with Crippen molar-refractivity contribution in [2.45, 2.75) is 12.8 Å². The van der Waals surface area contributed by atoms with Gasteiger partial charge in [-0.05, 0) is 31.8 Å². The number of nitrogens with one attached hydrogen (secondary N) is 1. The van der Waals surface area contributed by atoms with Crippen LogP contribution in [-0.2, 0) is 10.0 Å². The van der Waals surface area contributed by atoms with Crippen LogP contribution in [0.3, 0.4) is 0 Å². The van der Waals surface area contributed by atoms with E-state index in [4.69, 9.17) is 10.2 Å². The SMILES string of the molecule is O=S(=O)(CC1CCCNC1)N(CCO)CCO. The zero-order valence-corrected chi connectivity index (χ0v) is 10.8. The average Bonchev–Trinajstić information content (AvgIpc) is 2.29. The zero-order chi connectivity index (χ0) is 12.7. The molecule has 0 radical (unpaired) electrons. The smallest absolute Gasteiger partial charge is 0.214 e. The second-order valence-electron chi connectivity index (χ2n) is 4.34. The molecule has 6 nitrogen and oxygen atoms in total. The molecule has 0 aromatic heterocycles. The lowest BCUT2D eigenvalue weighted by molar-refractivity contribution is 0.216. The number of rotatable bonds is 7. The number of aliphatic hydroxyl groups excluding tert-OH is 2. The molecule has 3 N–H and O–H groups in total. The molecule has 0 aliphatic carbocycles. The number of aliphatic hydroxyl groups is 2. The van der Waals surface area contributed by atoms with Crippen LogP contribution in [0.4, 0.5) is 0 Å². The van der Waals surface area contributed by atoms with Crippen LogP contribution in [0.2, 0.25) is 0 Å². The molecule has 1 fully saturated rings. The molecule has 0 spiro atoms. The third-order valence-electron chi connectivity index (χ3n) is 2.94. The Bertz CT molecular complexity index is 295. The largest absolute Gasteiger partial charge is 0.395 e. The molecule has 1 rings (SSSR count). The maximum absolute atomic E-state index is 12.1. The molecule has 1 aliphatic rings. The Labute approximate surface area is 103 Å². The van der Waals surface area contributed by atoms with Crippen molar-refractivity contribution in [3.8, 4) is 0 Å². The quantitative estimate of drug-likeness (QED) is 0.527. The Morgan fingerprint density at radius 1 is 1.24 bits per heavy atom. The summed E-state index contributed by atoms with van der Waals surface area (Å²) in [6.45, 7) is 1.36. The van der Waals surface area contributed by atoms with E-state index in [1.807, 2.05) is 0 Å². The number of sulfonamides is 1. The summed E-state index contributed by atoms with van der Waals surface area (Å²) in [5.74, 6) is 0.230. The predicted octanol–water partition coefficient (Wildman–Crippen LogP) is -1.40. The summed E-state index contributed by atoms with van der Waals surface area (Å²) >= 11 is 0. The second-order valence-corrected chi connectivity index (χ2v) is 6.35. The van der Waals surface area contributed by atoms with Crippen LogP contribution in [0, 0.1) is 5.92 Å². The molecule has 1 atom stereocenters. The average molecular weight is 266 g/mol. The first kappa shape index (κ1) is 14.8. The monoisotopic (exact) mass is 266 g/mol. The molecule has 0 aromatic rings. The number of nitrogens with zero attached hydrogens (tertiary/aromatic N) is 1. The Balaban J connectivity index is 2.56. The van der Waals surface area contributed by atoms with E-state index in [2.05, 4.69) is 5.32 Å². The number of hydrogen-bond donors (Lipinski definition) is 3. The van der Waals surface area contributed by atoms with E-state index in [0.29, 0.717) is 0 Å².